The van der Waals surface area contributed by atoms with Crippen molar-refractivity contribution in [2.75, 3.05) is 26.2 Å². The second-order valence-corrected chi connectivity index (χ2v) is 11.3. The van der Waals surface area contributed by atoms with E-state index in [1.165, 1.54) is 27.9 Å². The van der Waals surface area contributed by atoms with Gasteiger partial charge in [0.05, 0.1) is 0 Å². The fourth-order valence-electron chi connectivity index (χ4n) is 7.36. The number of fused-ring (bicyclic) bond motifs is 4. The van der Waals surface area contributed by atoms with Crippen LogP contribution in [-0.2, 0) is 9.59 Å². The molecule has 4 aliphatic rings. The first-order chi connectivity index (χ1) is 17.4. The standard InChI is InChI=1S/C32H41NO3/c1-5-33(6-2)17-18-36-25-11-7-22(8-12-25)28-20-32(4)29(15-16-30(32)35)27-14-10-24-19-23(21(3)34)9-13-26(24)31(27)28/h7-8,11-12,19,27,29H,5-6,9-10,13-18,20H2,1-4H3/t27-,29-,32-/m0/s1. The maximum absolute atomic E-state index is 13.2. The average Bonchev–Trinajstić information content (AvgIpc) is 3.20. The van der Waals surface area contributed by atoms with Crippen molar-refractivity contribution in [1.82, 2.24) is 4.90 Å². The van der Waals surface area contributed by atoms with E-state index in [1.807, 2.05) is 0 Å². The summed E-state index contributed by atoms with van der Waals surface area (Å²) < 4.78 is 6.05. The van der Waals surface area contributed by atoms with Crippen molar-refractivity contribution in [1.29, 1.82) is 0 Å². The molecule has 3 atom stereocenters. The molecule has 0 aliphatic heterocycles. The monoisotopic (exact) mass is 487 g/mol. The highest BCUT2D eigenvalue weighted by Gasteiger charge is 2.54. The van der Waals surface area contributed by atoms with Crippen LogP contribution in [0.3, 0.4) is 0 Å². The predicted molar refractivity (Wildman–Crippen MR) is 145 cm³/mol. The summed E-state index contributed by atoms with van der Waals surface area (Å²) in [7, 11) is 0. The SMILES string of the molecule is CCN(CC)CCOc1ccc(C2=C3C4=C(C=C(C(C)=O)CC4)CC[C@H]3[C@@H]3CCC(=O)[C@@]3(C)C2)cc1. The number of carbonyl (C=O) groups is 2. The van der Waals surface area contributed by atoms with Crippen molar-refractivity contribution >= 4 is 17.1 Å². The molecule has 1 saturated carbocycles. The molecule has 1 aromatic rings. The maximum Gasteiger partial charge on any atom is 0.155 e. The van der Waals surface area contributed by atoms with Crippen molar-refractivity contribution in [3.05, 3.63) is 58.2 Å². The van der Waals surface area contributed by atoms with Crippen LogP contribution in [0.2, 0.25) is 0 Å². The van der Waals surface area contributed by atoms with Crippen LogP contribution in [0.15, 0.2) is 52.6 Å². The Balaban J connectivity index is 1.50. The summed E-state index contributed by atoms with van der Waals surface area (Å²) in [5.74, 6) is 2.44. The van der Waals surface area contributed by atoms with Gasteiger partial charge in [0.1, 0.15) is 18.1 Å². The van der Waals surface area contributed by atoms with Crippen molar-refractivity contribution in [3.63, 3.8) is 0 Å². The minimum absolute atomic E-state index is 0.201. The molecule has 1 fully saturated rings. The lowest BCUT2D eigenvalue weighted by Gasteiger charge is -2.47. The number of rotatable bonds is 8. The molecule has 0 heterocycles. The number of hydrogen-bond acceptors (Lipinski definition) is 4. The van der Waals surface area contributed by atoms with Crippen molar-refractivity contribution < 1.29 is 14.3 Å². The van der Waals surface area contributed by atoms with E-state index in [4.69, 9.17) is 4.74 Å². The molecule has 0 spiro atoms. The Morgan fingerprint density at radius 2 is 1.78 bits per heavy atom. The van der Waals surface area contributed by atoms with E-state index in [1.54, 1.807) is 6.92 Å². The van der Waals surface area contributed by atoms with Crippen molar-refractivity contribution in [2.45, 2.75) is 72.6 Å². The predicted octanol–water partition coefficient (Wildman–Crippen LogP) is 6.57. The van der Waals surface area contributed by atoms with Crippen LogP contribution in [0.25, 0.3) is 5.57 Å². The smallest absolute Gasteiger partial charge is 0.155 e. The summed E-state index contributed by atoms with van der Waals surface area (Å²) >= 11 is 0. The first-order valence-corrected chi connectivity index (χ1v) is 14.0. The van der Waals surface area contributed by atoms with E-state index < -0.39 is 0 Å². The first kappa shape index (κ1) is 25.2. The molecule has 0 aromatic heterocycles. The molecule has 0 N–H and O–H groups in total. The van der Waals surface area contributed by atoms with E-state index >= 15 is 0 Å². The number of Topliss-reactive ketones (excluding diaryl/α,β-unsaturated/α-hetero) is 2. The maximum atomic E-state index is 13.2. The van der Waals surface area contributed by atoms with Crippen molar-refractivity contribution in [3.8, 4) is 5.75 Å². The Kier molecular flexibility index (Phi) is 7.09. The lowest BCUT2D eigenvalue weighted by atomic mass is 9.56. The molecule has 0 unspecified atom stereocenters. The normalized spacial score (nSPS) is 27.6. The summed E-state index contributed by atoms with van der Waals surface area (Å²) in [5.41, 5.74) is 7.62. The number of ketones is 2. The fourth-order valence-corrected chi connectivity index (χ4v) is 7.36. The first-order valence-electron chi connectivity index (χ1n) is 14.0. The molecule has 36 heavy (non-hydrogen) atoms. The molecule has 0 saturated heterocycles. The lowest BCUT2D eigenvalue weighted by molar-refractivity contribution is -0.126. The van der Waals surface area contributed by atoms with Crippen LogP contribution in [0.1, 0.15) is 78.2 Å². The van der Waals surface area contributed by atoms with E-state index in [-0.39, 0.29) is 11.2 Å². The zero-order valence-electron chi connectivity index (χ0n) is 22.5. The van der Waals surface area contributed by atoms with Gasteiger partial charge in [-0.3, -0.25) is 9.59 Å². The third kappa shape index (κ3) is 4.42. The molecule has 0 amide bonds. The van der Waals surface area contributed by atoms with Crippen LogP contribution in [0.5, 0.6) is 5.75 Å². The highest BCUT2D eigenvalue weighted by molar-refractivity contribution is 5.95. The van der Waals surface area contributed by atoms with Gasteiger partial charge in [-0.25, -0.2) is 0 Å². The second kappa shape index (κ2) is 10.1. The van der Waals surface area contributed by atoms with Gasteiger partial charge in [0.2, 0.25) is 0 Å². The van der Waals surface area contributed by atoms with Gasteiger partial charge in [-0.15, -0.1) is 0 Å². The van der Waals surface area contributed by atoms with Gasteiger partial charge in [0.25, 0.3) is 0 Å². The molecule has 0 radical (unpaired) electrons. The molecular weight excluding hydrogens is 446 g/mol. The quantitative estimate of drug-likeness (QED) is 0.416. The highest BCUT2D eigenvalue weighted by Crippen LogP contribution is 2.61. The summed E-state index contributed by atoms with van der Waals surface area (Å²) in [6.07, 6.45) is 8.63. The molecule has 5 rings (SSSR count). The number of carbonyl (C=O) groups excluding carboxylic acids is 2. The zero-order chi connectivity index (χ0) is 25.4. The lowest BCUT2D eigenvalue weighted by Crippen LogP contribution is -2.40. The molecule has 192 valence electrons. The fraction of sp³-hybridized carbons (Fsp3) is 0.562. The van der Waals surface area contributed by atoms with Crippen LogP contribution in [-0.4, -0.2) is 42.7 Å². The Labute approximate surface area is 216 Å². The van der Waals surface area contributed by atoms with Gasteiger partial charge in [-0.2, -0.15) is 0 Å². The number of benzene rings is 1. The van der Waals surface area contributed by atoms with Gasteiger partial charge in [0, 0.05) is 18.4 Å². The van der Waals surface area contributed by atoms with E-state index in [9.17, 15) is 9.59 Å². The van der Waals surface area contributed by atoms with E-state index in [2.05, 4.69) is 56.0 Å². The number of allylic oxidation sites excluding steroid dienone is 6. The average molecular weight is 488 g/mol. The Morgan fingerprint density at radius 1 is 1.03 bits per heavy atom. The Hall–Kier alpha value is -2.46. The largest absolute Gasteiger partial charge is 0.492 e. The van der Waals surface area contributed by atoms with Gasteiger partial charge in [0.15, 0.2) is 5.78 Å². The third-order valence-electron chi connectivity index (χ3n) is 9.52. The van der Waals surface area contributed by atoms with Crippen LogP contribution in [0, 0.1) is 17.3 Å². The number of nitrogens with zero attached hydrogens (tertiary/aromatic N) is 1. The number of likely N-dealkylation sites (N-methyl/N-ethyl adjacent to an activating group) is 1. The molecule has 4 heteroatoms. The van der Waals surface area contributed by atoms with E-state index in [0.717, 1.165) is 75.9 Å². The zero-order valence-corrected chi connectivity index (χ0v) is 22.5. The molecular formula is C32H41NO3. The Morgan fingerprint density at radius 3 is 2.47 bits per heavy atom. The third-order valence-corrected chi connectivity index (χ3v) is 9.52. The van der Waals surface area contributed by atoms with Crippen LogP contribution in [0.4, 0.5) is 0 Å². The number of ether oxygens (including phenoxy) is 1. The van der Waals surface area contributed by atoms with E-state index in [0.29, 0.717) is 24.2 Å². The summed E-state index contributed by atoms with van der Waals surface area (Å²) in [4.78, 5) is 27.6. The summed E-state index contributed by atoms with van der Waals surface area (Å²) in [6, 6.07) is 8.59. The highest BCUT2D eigenvalue weighted by atomic mass is 16.5. The van der Waals surface area contributed by atoms with Crippen LogP contribution >= 0.6 is 0 Å². The summed E-state index contributed by atoms with van der Waals surface area (Å²) in [6.45, 7) is 12.0. The Bertz CT molecular complexity index is 1130. The molecule has 4 nitrogen and oxygen atoms in total. The van der Waals surface area contributed by atoms with Gasteiger partial charge in [-0.1, -0.05) is 39.0 Å². The molecule has 1 aromatic carbocycles. The van der Waals surface area contributed by atoms with Crippen LogP contribution < -0.4 is 4.74 Å². The minimum Gasteiger partial charge on any atom is -0.492 e. The van der Waals surface area contributed by atoms with Gasteiger partial charge in [-0.05, 0) is 116 Å². The minimum atomic E-state index is -0.254. The number of hydrogen-bond donors (Lipinski definition) is 0. The van der Waals surface area contributed by atoms with Gasteiger partial charge >= 0.3 is 0 Å². The van der Waals surface area contributed by atoms with Gasteiger partial charge < -0.3 is 9.64 Å². The van der Waals surface area contributed by atoms with Crippen molar-refractivity contribution in [2.24, 2.45) is 17.3 Å². The summed E-state index contributed by atoms with van der Waals surface area (Å²) in [5, 5.41) is 0. The topological polar surface area (TPSA) is 46.6 Å². The second-order valence-electron chi connectivity index (χ2n) is 11.3. The molecule has 4 aliphatic carbocycles. The molecule has 0 bridgehead atoms.